The Balaban J connectivity index is 1.84. The Morgan fingerprint density at radius 3 is 2.67 bits per heavy atom. The fourth-order valence-electron chi connectivity index (χ4n) is 2.78. The second kappa shape index (κ2) is 10.9. The third-order valence-corrected chi connectivity index (χ3v) is 5.52. The number of methoxy groups -OCH3 is 1. The topological polar surface area (TPSA) is 135 Å². The van der Waals surface area contributed by atoms with E-state index < -0.39 is 11.9 Å². The van der Waals surface area contributed by atoms with Gasteiger partial charge in [-0.3, -0.25) is 5.10 Å². The van der Waals surface area contributed by atoms with E-state index in [0.29, 0.717) is 34.3 Å². The van der Waals surface area contributed by atoms with Crippen LogP contribution in [0.1, 0.15) is 34.2 Å². The first-order valence-electron chi connectivity index (χ1n) is 9.67. The zero-order valence-electron chi connectivity index (χ0n) is 17.7. The Bertz CT molecular complexity index is 1210. The molecule has 0 atom stereocenters. The maximum absolute atomic E-state index is 11.7. The summed E-state index contributed by atoms with van der Waals surface area (Å²) >= 11 is 7.30. The predicted octanol–water partition coefficient (Wildman–Crippen LogP) is 4.52. The summed E-state index contributed by atoms with van der Waals surface area (Å²) in [5, 5.41) is 26.0. The van der Waals surface area contributed by atoms with E-state index in [1.165, 1.54) is 25.3 Å². The number of aryl methyl sites for hydroxylation is 1. The Labute approximate surface area is 198 Å². The van der Waals surface area contributed by atoms with Gasteiger partial charge in [0.15, 0.2) is 11.5 Å². The fraction of sp³-hybridized carbons (Fsp3) is 0.182. The Hall–Kier alpha value is -3.50. The monoisotopic (exact) mass is 489 g/mol. The molecule has 3 aromatic rings. The zero-order valence-corrected chi connectivity index (χ0v) is 19.2. The van der Waals surface area contributed by atoms with Crippen LogP contribution in [0.15, 0.2) is 46.5 Å². The molecule has 0 bridgehead atoms. The van der Waals surface area contributed by atoms with Crippen molar-refractivity contribution < 1.29 is 29.3 Å². The maximum atomic E-state index is 11.7. The van der Waals surface area contributed by atoms with Crippen LogP contribution in [-0.4, -0.2) is 44.4 Å². The van der Waals surface area contributed by atoms with Crippen molar-refractivity contribution in [3.8, 4) is 11.5 Å². The van der Waals surface area contributed by atoms with E-state index in [0.717, 1.165) is 11.8 Å². The minimum atomic E-state index is -1.14. The van der Waals surface area contributed by atoms with Crippen LogP contribution in [0.25, 0.3) is 6.08 Å². The molecule has 2 aromatic carbocycles. The van der Waals surface area contributed by atoms with Crippen LogP contribution in [0.5, 0.6) is 11.5 Å². The largest absolute Gasteiger partial charge is 0.493 e. The number of halogens is 1. The molecule has 172 valence electrons. The van der Waals surface area contributed by atoms with Gasteiger partial charge in [-0.15, -0.1) is 5.10 Å². The number of aromatic carboxylic acids is 1. The van der Waals surface area contributed by atoms with Crippen molar-refractivity contribution in [2.75, 3.05) is 7.11 Å². The van der Waals surface area contributed by atoms with Crippen LogP contribution in [0.4, 0.5) is 0 Å². The van der Waals surface area contributed by atoms with E-state index in [1.54, 1.807) is 24.3 Å². The quantitative estimate of drug-likeness (QED) is 0.277. The summed E-state index contributed by atoms with van der Waals surface area (Å²) in [6.45, 7) is 1.97. The van der Waals surface area contributed by atoms with Gasteiger partial charge in [0, 0.05) is 6.42 Å². The molecular formula is C22H20ClN3O6S. The van der Waals surface area contributed by atoms with Gasteiger partial charge in [-0.25, -0.2) is 14.6 Å². The van der Waals surface area contributed by atoms with Gasteiger partial charge in [0.05, 0.1) is 17.7 Å². The number of thioether (sulfide) groups is 1. The lowest BCUT2D eigenvalue weighted by molar-refractivity contribution is -0.131. The average Bonchev–Trinajstić information content (AvgIpc) is 3.25. The summed E-state index contributed by atoms with van der Waals surface area (Å²) < 4.78 is 11.2. The smallest absolute Gasteiger partial charge is 0.342 e. The third kappa shape index (κ3) is 6.27. The van der Waals surface area contributed by atoms with Gasteiger partial charge in [-0.05, 0) is 53.2 Å². The molecule has 3 rings (SSSR count). The molecule has 1 heterocycles. The lowest BCUT2D eigenvalue weighted by atomic mass is 10.1. The fourth-order valence-corrected chi connectivity index (χ4v) is 3.78. The lowest BCUT2D eigenvalue weighted by Crippen LogP contribution is -2.02. The zero-order chi connectivity index (χ0) is 24.0. The molecule has 0 saturated heterocycles. The van der Waals surface area contributed by atoms with Crippen LogP contribution in [0, 0.1) is 0 Å². The first-order valence-corrected chi connectivity index (χ1v) is 10.9. The van der Waals surface area contributed by atoms with Crippen molar-refractivity contribution >= 4 is 41.4 Å². The van der Waals surface area contributed by atoms with Crippen LogP contribution < -0.4 is 9.47 Å². The molecule has 11 heteroatoms. The van der Waals surface area contributed by atoms with E-state index in [9.17, 15) is 14.7 Å². The van der Waals surface area contributed by atoms with E-state index in [-0.39, 0.29) is 27.8 Å². The SMILES string of the molecule is CCc1nc(S/C(=C\c2cc(Cl)c(OCc3cccc(C(=O)O)c3)c(OC)c2)C(=O)O)n[nH]1. The number of rotatable bonds is 10. The highest BCUT2D eigenvalue weighted by molar-refractivity contribution is 8.04. The van der Waals surface area contributed by atoms with Crippen molar-refractivity contribution in [2.45, 2.75) is 25.1 Å². The molecule has 0 amide bonds. The van der Waals surface area contributed by atoms with Crippen molar-refractivity contribution in [3.05, 3.63) is 68.8 Å². The number of aromatic nitrogens is 3. The van der Waals surface area contributed by atoms with Gasteiger partial charge >= 0.3 is 11.9 Å². The number of nitrogens with one attached hydrogen (secondary N) is 1. The van der Waals surface area contributed by atoms with Crippen molar-refractivity contribution in [3.63, 3.8) is 0 Å². The molecular weight excluding hydrogens is 470 g/mol. The van der Waals surface area contributed by atoms with Crippen LogP contribution >= 0.6 is 23.4 Å². The number of aliphatic carboxylic acids is 1. The Kier molecular flexibility index (Phi) is 7.96. The molecule has 33 heavy (non-hydrogen) atoms. The van der Waals surface area contributed by atoms with Crippen molar-refractivity contribution in [1.82, 2.24) is 15.2 Å². The van der Waals surface area contributed by atoms with E-state index >= 15 is 0 Å². The normalized spacial score (nSPS) is 11.3. The highest BCUT2D eigenvalue weighted by Crippen LogP contribution is 2.38. The summed E-state index contributed by atoms with van der Waals surface area (Å²) in [6, 6.07) is 9.48. The maximum Gasteiger partial charge on any atom is 0.342 e. The second-order valence-corrected chi connectivity index (χ2v) is 8.08. The van der Waals surface area contributed by atoms with Crippen molar-refractivity contribution in [2.24, 2.45) is 0 Å². The highest BCUT2D eigenvalue weighted by atomic mass is 35.5. The Morgan fingerprint density at radius 1 is 1.24 bits per heavy atom. The summed E-state index contributed by atoms with van der Waals surface area (Å²) in [4.78, 5) is 27.1. The molecule has 0 unspecified atom stereocenters. The molecule has 0 aliphatic heterocycles. The van der Waals surface area contributed by atoms with Crippen LogP contribution in [0.2, 0.25) is 5.02 Å². The standard InChI is InChI=1S/C22H20ClN3O6S/c1-3-18-24-22(26-25-18)33-17(21(29)30)10-13-8-15(23)19(16(9-13)31-2)32-11-12-5-4-6-14(7-12)20(27)28/h4-10H,3,11H2,1-2H3,(H,27,28)(H,29,30)(H,24,25,26)/b17-10-. The van der Waals surface area contributed by atoms with Crippen LogP contribution in [0.3, 0.4) is 0 Å². The molecule has 0 aliphatic carbocycles. The summed E-state index contributed by atoms with van der Waals surface area (Å²) in [5.74, 6) is -0.974. The van der Waals surface area contributed by atoms with E-state index in [2.05, 4.69) is 15.2 Å². The molecule has 0 saturated carbocycles. The second-order valence-electron chi connectivity index (χ2n) is 6.66. The molecule has 0 fully saturated rings. The molecule has 0 spiro atoms. The van der Waals surface area contributed by atoms with Crippen molar-refractivity contribution in [1.29, 1.82) is 0 Å². The number of nitrogens with zero attached hydrogens (tertiary/aromatic N) is 2. The third-order valence-electron chi connectivity index (χ3n) is 4.36. The number of carboxylic acids is 2. The first-order chi connectivity index (χ1) is 15.8. The van der Waals surface area contributed by atoms with E-state index in [1.807, 2.05) is 6.92 Å². The first kappa shape index (κ1) is 24.1. The van der Waals surface area contributed by atoms with Gasteiger partial charge in [-0.1, -0.05) is 30.7 Å². The molecule has 9 nitrogen and oxygen atoms in total. The number of hydrogen-bond acceptors (Lipinski definition) is 7. The number of hydrogen-bond donors (Lipinski definition) is 3. The minimum Gasteiger partial charge on any atom is -0.493 e. The van der Waals surface area contributed by atoms with Gasteiger partial charge < -0.3 is 19.7 Å². The number of ether oxygens (including phenoxy) is 2. The van der Waals surface area contributed by atoms with Gasteiger partial charge in [-0.2, -0.15) is 0 Å². The average molecular weight is 490 g/mol. The molecule has 3 N–H and O–H groups in total. The number of carboxylic acid groups (broad SMARTS) is 2. The van der Waals surface area contributed by atoms with Gasteiger partial charge in [0.1, 0.15) is 17.3 Å². The van der Waals surface area contributed by atoms with E-state index in [4.69, 9.17) is 26.2 Å². The lowest BCUT2D eigenvalue weighted by Gasteiger charge is -2.14. The number of carbonyl (C=O) groups is 2. The summed E-state index contributed by atoms with van der Waals surface area (Å²) in [6.07, 6.45) is 2.08. The van der Waals surface area contributed by atoms with Gasteiger partial charge in [0.25, 0.3) is 0 Å². The predicted molar refractivity (Wildman–Crippen MR) is 123 cm³/mol. The molecule has 1 aromatic heterocycles. The molecule has 0 radical (unpaired) electrons. The summed E-state index contributed by atoms with van der Waals surface area (Å²) in [5.41, 5.74) is 1.26. The van der Waals surface area contributed by atoms with Gasteiger partial charge in [0.2, 0.25) is 5.16 Å². The number of H-pyrrole nitrogens is 1. The minimum absolute atomic E-state index is 0.00562. The number of benzene rings is 2. The molecule has 0 aliphatic rings. The summed E-state index contributed by atoms with van der Waals surface area (Å²) in [7, 11) is 1.43. The highest BCUT2D eigenvalue weighted by Gasteiger charge is 2.16. The number of aromatic amines is 1. The van der Waals surface area contributed by atoms with Crippen LogP contribution in [-0.2, 0) is 17.8 Å². The Morgan fingerprint density at radius 2 is 2.03 bits per heavy atom.